The van der Waals surface area contributed by atoms with E-state index >= 15 is 0 Å². The van der Waals surface area contributed by atoms with E-state index in [0.29, 0.717) is 0 Å². The monoisotopic (exact) mass is 241 g/mol. The number of hydrogen-bond acceptors (Lipinski definition) is 6. The van der Waals surface area contributed by atoms with Gasteiger partial charge >= 0.3 is 0 Å². The van der Waals surface area contributed by atoms with Crippen molar-refractivity contribution in [3.63, 3.8) is 0 Å². The number of hydrogen-bond donors (Lipinski definition) is 1. The van der Waals surface area contributed by atoms with Crippen LogP contribution in [0.3, 0.4) is 0 Å². The van der Waals surface area contributed by atoms with Gasteiger partial charge in [-0.1, -0.05) is 11.3 Å². The molecule has 0 spiro atoms. The average molecular weight is 241 g/mol. The second-order valence-electron chi connectivity index (χ2n) is 4.21. The van der Waals surface area contributed by atoms with Crippen LogP contribution in [0.25, 0.3) is 0 Å². The molecule has 0 aromatic carbocycles. The smallest absolute Gasteiger partial charge is 0.207 e. The van der Waals surface area contributed by atoms with Crippen LogP contribution in [0, 0.1) is 0 Å². The highest BCUT2D eigenvalue weighted by Gasteiger charge is 2.11. The molecule has 1 aliphatic heterocycles. The Kier molecular flexibility index (Phi) is 4.09. The van der Waals surface area contributed by atoms with Gasteiger partial charge in [-0.25, -0.2) is 0 Å². The maximum Gasteiger partial charge on any atom is 0.207 e. The first-order chi connectivity index (χ1) is 7.75. The van der Waals surface area contributed by atoms with Gasteiger partial charge in [0.1, 0.15) is 5.01 Å². The third-order valence-corrected chi connectivity index (χ3v) is 3.84. The van der Waals surface area contributed by atoms with Gasteiger partial charge in [-0.3, -0.25) is 0 Å². The molecule has 2 rings (SSSR count). The van der Waals surface area contributed by atoms with Crippen molar-refractivity contribution >= 4 is 16.5 Å². The van der Waals surface area contributed by atoms with Crippen LogP contribution in [0.15, 0.2) is 0 Å². The third kappa shape index (κ3) is 3.13. The largest absolute Gasteiger partial charge is 0.353 e. The Morgan fingerprint density at radius 3 is 2.69 bits per heavy atom. The molecule has 0 unspecified atom stereocenters. The van der Waals surface area contributed by atoms with Crippen LogP contribution >= 0.6 is 11.3 Å². The predicted molar refractivity (Wildman–Crippen MR) is 67.2 cm³/mol. The fourth-order valence-electron chi connectivity index (χ4n) is 1.72. The first-order valence-corrected chi connectivity index (χ1v) is 6.50. The highest BCUT2D eigenvalue weighted by Crippen LogP contribution is 2.18. The summed E-state index contributed by atoms with van der Waals surface area (Å²) >= 11 is 1.69. The molecule has 16 heavy (non-hydrogen) atoms. The lowest BCUT2D eigenvalue weighted by Gasteiger charge is -2.26. The Bertz CT molecular complexity index is 319. The van der Waals surface area contributed by atoms with E-state index in [1.807, 2.05) is 19.0 Å². The van der Waals surface area contributed by atoms with E-state index in [2.05, 4.69) is 20.4 Å². The highest BCUT2D eigenvalue weighted by molar-refractivity contribution is 7.15. The van der Waals surface area contributed by atoms with E-state index in [1.165, 1.54) is 0 Å². The molecule has 6 heteroatoms. The summed E-state index contributed by atoms with van der Waals surface area (Å²) in [4.78, 5) is 4.49. The summed E-state index contributed by atoms with van der Waals surface area (Å²) in [6.45, 7) is 5.63. The molecule has 0 bridgehead atoms. The Balaban J connectivity index is 1.79. The molecule has 0 atom stereocenters. The number of anilines is 1. The highest BCUT2D eigenvalue weighted by atomic mass is 32.1. The summed E-state index contributed by atoms with van der Waals surface area (Å²) in [6, 6.07) is 0. The molecule has 1 aliphatic rings. The maximum atomic E-state index is 4.21. The van der Waals surface area contributed by atoms with Crippen molar-refractivity contribution in [3.05, 3.63) is 5.01 Å². The standard InChI is InChI=1S/C10H19N5S/c1-14(2)10-13-12-9(16-10)3-6-15-7-4-11-5-8-15/h11H,3-8H2,1-2H3. The molecule has 90 valence electrons. The summed E-state index contributed by atoms with van der Waals surface area (Å²) in [7, 11) is 4.00. The first-order valence-electron chi connectivity index (χ1n) is 5.68. The minimum absolute atomic E-state index is 0.996. The predicted octanol–water partition coefficient (Wildman–Crippen LogP) is 0.0518. The zero-order valence-corrected chi connectivity index (χ0v) is 10.8. The minimum Gasteiger partial charge on any atom is -0.353 e. The van der Waals surface area contributed by atoms with E-state index in [0.717, 1.165) is 49.3 Å². The number of rotatable bonds is 4. The molecular weight excluding hydrogens is 222 g/mol. The fourth-order valence-corrected chi connectivity index (χ4v) is 2.46. The molecule has 0 saturated carbocycles. The van der Waals surface area contributed by atoms with Crippen LogP contribution in [0.1, 0.15) is 5.01 Å². The van der Waals surface area contributed by atoms with E-state index in [-0.39, 0.29) is 0 Å². The number of aromatic nitrogens is 2. The summed E-state index contributed by atoms with van der Waals surface area (Å²) in [5.41, 5.74) is 0. The minimum atomic E-state index is 0.996. The van der Waals surface area contributed by atoms with Gasteiger partial charge in [0, 0.05) is 53.2 Å². The summed E-state index contributed by atoms with van der Waals surface area (Å²) < 4.78 is 0. The number of nitrogens with one attached hydrogen (secondary N) is 1. The lowest BCUT2D eigenvalue weighted by atomic mass is 10.3. The summed E-state index contributed by atoms with van der Waals surface area (Å²) in [5, 5.41) is 13.8. The topological polar surface area (TPSA) is 44.3 Å². The van der Waals surface area contributed by atoms with Gasteiger partial charge in [-0.05, 0) is 0 Å². The van der Waals surface area contributed by atoms with E-state index in [1.54, 1.807) is 11.3 Å². The van der Waals surface area contributed by atoms with Crippen LogP contribution in [0.5, 0.6) is 0 Å². The summed E-state index contributed by atoms with van der Waals surface area (Å²) in [6.07, 6.45) is 1.02. The normalized spacial score (nSPS) is 17.6. The molecular formula is C10H19N5S. The zero-order valence-electron chi connectivity index (χ0n) is 9.94. The van der Waals surface area contributed by atoms with Crippen LogP contribution < -0.4 is 10.2 Å². The summed E-state index contributed by atoms with van der Waals surface area (Å²) in [5.74, 6) is 0. The molecule has 1 aromatic heterocycles. The van der Waals surface area contributed by atoms with E-state index in [9.17, 15) is 0 Å². The Morgan fingerprint density at radius 1 is 1.31 bits per heavy atom. The SMILES string of the molecule is CN(C)c1nnc(CCN2CCNCC2)s1. The Morgan fingerprint density at radius 2 is 2.06 bits per heavy atom. The molecule has 1 saturated heterocycles. The van der Waals surface area contributed by atoms with Crippen LogP contribution in [-0.4, -0.2) is 61.9 Å². The van der Waals surface area contributed by atoms with Crippen molar-refractivity contribution in [1.29, 1.82) is 0 Å². The number of nitrogens with zero attached hydrogens (tertiary/aromatic N) is 4. The number of piperazine rings is 1. The third-order valence-electron chi connectivity index (χ3n) is 2.69. The quantitative estimate of drug-likeness (QED) is 0.807. The van der Waals surface area contributed by atoms with Crippen molar-refractivity contribution in [2.45, 2.75) is 6.42 Å². The van der Waals surface area contributed by atoms with Crippen LogP contribution in [-0.2, 0) is 6.42 Å². The molecule has 2 heterocycles. The lowest BCUT2D eigenvalue weighted by molar-refractivity contribution is 0.243. The molecule has 1 fully saturated rings. The molecule has 1 aromatic rings. The van der Waals surface area contributed by atoms with Crippen molar-refractivity contribution < 1.29 is 0 Å². The van der Waals surface area contributed by atoms with Crippen LogP contribution in [0.2, 0.25) is 0 Å². The molecule has 0 aliphatic carbocycles. The van der Waals surface area contributed by atoms with Gasteiger partial charge in [-0.2, -0.15) is 0 Å². The van der Waals surface area contributed by atoms with Crippen molar-refractivity contribution in [2.75, 3.05) is 51.7 Å². The van der Waals surface area contributed by atoms with Gasteiger partial charge in [0.05, 0.1) is 0 Å². The second kappa shape index (κ2) is 5.56. The van der Waals surface area contributed by atoms with Gasteiger partial charge < -0.3 is 15.1 Å². The first kappa shape index (κ1) is 11.8. The molecule has 5 nitrogen and oxygen atoms in total. The zero-order chi connectivity index (χ0) is 11.4. The van der Waals surface area contributed by atoms with E-state index < -0.39 is 0 Å². The van der Waals surface area contributed by atoms with Gasteiger partial charge in [0.25, 0.3) is 0 Å². The average Bonchev–Trinajstić information content (AvgIpc) is 2.76. The Hall–Kier alpha value is -0.720. The maximum absolute atomic E-state index is 4.21. The van der Waals surface area contributed by atoms with Crippen molar-refractivity contribution in [3.8, 4) is 0 Å². The lowest BCUT2D eigenvalue weighted by Crippen LogP contribution is -2.44. The molecule has 0 radical (unpaired) electrons. The van der Waals surface area contributed by atoms with Crippen LogP contribution in [0.4, 0.5) is 5.13 Å². The van der Waals surface area contributed by atoms with Crippen molar-refractivity contribution in [1.82, 2.24) is 20.4 Å². The molecule has 0 amide bonds. The van der Waals surface area contributed by atoms with Gasteiger partial charge in [0.15, 0.2) is 0 Å². The van der Waals surface area contributed by atoms with Gasteiger partial charge in [-0.15, -0.1) is 10.2 Å². The second-order valence-corrected chi connectivity index (χ2v) is 5.25. The fraction of sp³-hybridized carbons (Fsp3) is 0.800. The Labute approximate surface area is 100 Å². The molecule has 1 N–H and O–H groups in total. The van der Waals surface area contributed by atoms with Gasteiger partial charge in [0.2, 0.25) is 5.13 Å². The van der Waals surface area contributed by atoms with Crippen molar-refractivity contribution in [2.24, 2.45) is 0 Å². The van der Waals surface area contributed by atoms with E-state index in [4.69, 9.17) is 0 Å².